The number of amides is 1. The summed E-state index contributed by atoms with van der Waals surface area (Å²) in [5.74, 6) is 1.74. The van der Waals surface area contributed by atoms with Gasteiger partial charge < -0.3 is 15.0 Å². The van der Waals surface area contributed by atoms with Crippen LogP contribution in [0.3, 0.4) is 0 Å². The molecule has 6 nitrogen and oxygen atoms in total. The Bertz CT molecular complexity index is 748. The second-order valence-electron chi connectivity index (χ2n) is 7.03. The summed E-state index contributed by atoms with van der Waals surface area (Å²) >= 11 is 0. The Morgan fingerprint density at radius 1 is 1.30 bits per heavy atom. The number of anilines is 1. The Balaban J connectivity index is 1.64. The van der Waals surface area contributed by atoms with Gasteiger partial charge in [0.25, 0.3) is 0 Å². The standard InChI is InChI=1S/C21H28N4O2/c1-16-6-8-17(9-7-16)20-22-12-10-19(24-20)25-13-3-5-18(15-25)21(26)23-11-4-14-27-2/h6-10,12,18H,3-5,11,13-15H2,1-2H3,(H,23,26). The molecular weight excluding hydrogens is 340 g/mol. The number of hydrogen-bond donors (Lipinski definition) is 1. The molecule has 1 unspecified atom stereocenters. The molecule has 0 bridgehead atoms. The van der Waals surface area contributed by atoms with E-state index in [9.17, 15) is 4.79 Å². The van der Waals surface area contributed by atoms with Gasteiger partial charge in [0.05, 0.1) is 5.92 Å². The molecule has 27 heavy (non-hydrogen) atoms. The third-order valence-corrected chi connectivity index (χ3v) is 4.89. The maximum atomic E-state index is 12.4. The summed E-state index contributed by atoms with van der Waals surface area (Å²) in [4.78, 5) is 23.8. The first-order valence-electron chi connectivity index (χ1n) is 9.59. The summed E-state index contributed by atoms with van der Waals surface area (Å²) in [5, 5.41) is 3.02. The molecule has 144 valence electrons. The quantitative estimate of drug-likeness (QED) is 0.761. The van der Waals surface area contributed by atoms with Gasteiger partial charge in [0, 0.05) is 45.1 Å². The van der Waals surface area contributed by atoms with Gasteiger partial charge in [0.15, 0.2) is 5.82 Å². The Hall–Kier alpha value is -2.47. The molecule has 0 saturated carbocycles. The molecule has 2 heterocycles. The van der Waals surface area contributed by atoms with E-state index >= 15 is 0 Å². The largest absolute Gasteiger partial charge is 0.385 e. The highest BCUT2D eigenvalue weighted by molar-refractivity contribution is 5.79. The SMILES string of the molecule is COCCCNC(=O)C1CCCN(c2ccnc(-c3ccc(C)cc3)n2)C1. The van der Waals surface area contributed by atoms with Crippen LogP contribution in [0.2, 0.25) is 0 Å². The van der Waals surface area contributed by atoms with E-state index in [1.807, 2.05) is 18.2 Å². The Labute approximate surface area is 161 Å². The molecule has 1 atom stereocenters. The Kier molecular flexibility index (Phi) is 6.76. The maximum absolute atomic E-state index is 12.4. The molecule has 0 aliphatic carbocycles. The van der Waals surface area contributed by atoms with Gasteiger partial charge in [-0.25, -0.2) is 9.97 Å². The normalized spacial score (nSPS) is 17.0. The molecule has 2 aromatic rings. The molecular formula is C21H28N4O2. The minimum atomic E-state index is -0.000847. The van der Waals surface area contributed by atoms with Gasteiger partial charge in [-0.15, -0.1) is 0 Å². The molecule has 1 aliphatic rings. The summed E-state index contributed by atoms with van der Waals surface area (Å²) in [5.41, 5.74) is 2.22. The van der Waals surface area contributed by atoms with E-state index in [1.165, 1.54) is 5.56 Å². The summed E-state index contributed by atoms with van der Waals surface area (Å²) in [6.45, 7) is 5.00. The van der Waals surface area contributed by atoms with Crippen LogP contribution in [0.5, 0.6) is 0 Å². The summed E-state index contributed by atoms with van der Waals surface area (Å²) in [6, 6.07) is 10.1. The number of aromatic nitrogens is 2. The zero-order chi connectivity index (χ0) is 19.1. The molecule has 1 amide bonds. The van der Waals surface area contributed by atoms with Crippen molar-refractivity contribution in [2.45, 2.75) is 26.2 Å². The molecule has 1 aliphatic heterocycles. The van der Waals surface area contributed by atoms with Crippen LogP contribution in [-0.2, 0) is 9.53 Å². The van der Waals surface area contributed by atoms with E-state index in [-0.39, 0.29) is 11.8 Å². The zero-order valence-corrected chi connectivity index (χ0v) is 16.1. The molecule has 3 rings (SSSR count). The van der Waals surface area contributed by atoms with Crippen LogP contribution in [0.1, 0.15) is 24.8 Å². The van der Waals surface area contributed by atoms with E-state index in [0.717, 1.165) is 43.0 Å². The van der Waals surface area contributed by atoms with E-state index in [0.29, 0.717) is 19.7 Å². The highest BCUT2D eigenvalue weighted by Gasteiger charge is 2.26. The number of nitrogens with one attached hydrogen (secondary N) is 1. The van der Waals surface area contributed by atoms with Gasteiger partial charge in [-0.2, -0.15) is 0 Å². The topological polar surface area (TPSA) is 67.3 Å². The van der Waals surface area contributed by atoms with E-state index in [1.54, 1.807) is 13.3 Å². The van der Waals surface area contributed by atoms with Crippen molar-refractivity contribution in [3.8, 4) is 11.4 Å². The lowest BCUT2D eigenvalue weighted by molar-refractivity contribution is -0.125. The van der Waals surface area contributed by atoms with Crippen molar-refractivity contribution in [2.75, 3.05) is 38.3 Å². The first-order valence-corrected chi connectivity index (χ1v) is 9.59. The second-order valence-corrected chi connectivity index (χ2v) is 7.03. The smallest absolute Gasteiger partial charge is 0.224 e. The van der Waals surface area contributed by atoms with Crippen LogP contribution in [0, 0.1) is 12.8 Å². The maximum Gasteiger partial charge on any atom is 0.224 e. The van der Waals surface area contributed by atoms with Crippen molar-refractivity contribution in [3.63, 3.8) is 0 Å². The first kappa shape index (κ1) is 19.3. The van der Waals surface area contributed by atoms with Crippen LogP contribution in [-0.4, -0.2) is 49.2 Å². The number of hydrogen-bond acceptors (Lipinski definition) is 5. The predicted molar refractivity (Wildman–Crippen MR) is 107 cm³/mol. The predicted octanol–water partition coefficient (Wildman–Crippen LogP) is 2.82. The summed E-state index contributed by atoms with van der Waals surface area (Å²) < 4.78 is 5.02. The fourth-order valence-electron chi connectivity index (χ4n) is 3.34. The van der Waals surface area contributed by atoms with Crippen LogP contribution in [0.4, 0.5) is 5.82 Å². The lowest BCUT2D eigenvalue weighted by Crippen LogP contribution is -2.43. The van der Waals surface area contributed by atoms with Gasteiger partial charge in [-0.3, -0.25) is 4.79 Å². The molecule has 0 spiro atoms. The van der Waals surface area contributed by atoms with Gasteiger partial charge in [-0.1, -0.05) is 29.8 Å². The lowest BCUT2D eigenvalue weighted by Gasteiger charge is -2.33. The fraction of sp³-hybridized carbons (Fsp3) is 0.476. The average Bonchev–Trinajstić information content (AvgIpc) is 2.72. The van der Waals surface area contributed by atoms with E-state index in [2.05, 4.69) is 34.3 Å². The number of rotatable bonds is 7. The third kappa shape index (κ3) is 5.26. The summed E-state index contributed by atoms with van der Waals surface area (Å²) in [7, 11) is 1.67. The van der Waals surface area contributed by atoms with Crippen LogP contribution < -0.4 is 10.2 Å². The van der Waals surface area contributed by atoms with Crippen molar-refractivity contribution in [1.29, 1.82) is 0 Å². The molecule has 1 aromatic heterocycles. The van der Waals surface area contributed by atoms with Gasteiger partial charge in [0.1, 0.15) is 5.82 Å². The van der Waals surface area contributed by atoms with Gasteiger partial charge >= 0.3 is 0 Å². The van der Waals surface area contributed by atoms with Crippen LogP contribution >= 0.6 is 0 Å². The first-order chi connectivity index (χ1) is 13.2. The molecule has 1 aromatic carbocycles. The van der Waals surface area contributed by atoms with Crippen molar-refractivity contribution >= 4 is 11.7 Å². The van der Waals surface area contributed by atoms with Crippen molar-refractivity contribution < 1.29 is 9.53 Å². The zero-order valence-electron chi connectivity index (χ0n) is 16.1. The van der Waals surface area contributed by atoms with Gasteiger partial charge in [0.2, 0.25) is 5.91 Å². The number of nitrogens with zero attached hydrogens (tertiary/aromatic N) is 3. The minimum absolute atomic E-state index is 0.000847. The number of aryl methyl sites for hydroxylation is 1. The van der Waals surface area contributed by atoms with Crippen molar-refractivity contribution in [3.05, 3.63) is 42.1 Å². The number of piperidine rings is 1. The highest BCUT2D eigenvalue weighted by atomic mass is 16.5. The third-order valence-electron chi connectivity index (χ3n) is 4.89. The van der Waals surface area contributed by atoms with Crippen molar-refractivity contribution in [2.24, 2.45) is 5.92 Å². The van der Waals surface area contributed by atoms with E-state index in [4.69, 9.17) is 9.72 Å². The van der Waals surface area contributed by atoms with Crippen molar-refractivity contribution in [1.82, 2.24) is 15.3 Å². The average molecular weight is 368 g/mol. The van der Waals surface area contributed by atoms with E-state index < -0.39 is 0 Å². The monoisotopic (exact) mass is 368 g/mol. The summed E-state index contributed by atoms with van der Waals surface area (Å²) in [6.07, 6.45) is 4.54. The Morgan fingerprint density at radius 3 is 2.89 bits per heavy atom. The van der Waals surface area contributed by atoms with Crippen LogP contribution in [0.25, 0.3) is 11.4 Å². The molecule has 0 radical (unpaired) electrons. The number of carbonyl (C=O) groups is 1. The van der Waals surface area contributed by atoms with Gasteiger partial charge in [-0.05, 0) is 32.3 Å². The molecule has 1 saturated heterocycles. The fourth-order valence-corrected chi connectivity index (χ4v) is 3.34. The lowest BCUT2D eigenvalue weighted by atomic mass is 9.97. The minimum Gasteiger partial charge on any atom is -0.385 e. The highest BCUT2D eigenvalue weighted by Crippen LogP contribution is 2.24. The number of carbonyl (C=O) groups excluding carboxylic acids is 1. The molecule has 1 fully saturated rings. The van der Waals surface area contributed by atoms with Crippen LogP contribution in [0.15, 0.2) is 36.5 Å². The number of methoxy groups -OCH3 is 1. The molecule has 1 N–H and O–H groups in total. The number of benzene rings is 1. The Morgan fingerprint density at radius 2 is 2.11 bits per heavy atom. The second kappa shape index (κ2) is 9.46. The molecule has 6 heteroatoms. The number of ether oxygens (including phenoxy) is 1.